The molecule has 0 spiro atoms. The second-order valence-electron chi connectivity index (χ2n) is 4.94. The van der Waals surface area contributed by atoms with E-state index in [1.54, 1.807) is 18.2 Å². The number of hydrogen-bond donors (Lipinski definition) is 2. The number of aliphatic hydroxyl groups excluding tert-OH is 1. The molecule has 0 aliphatic heterocycles. The first-order valence-corrected chi connectivity index (χ1v) is 7.35. The van der Waals surface area contributed by atoms with E-state index in [1.807, 2.05) is 0 Å². The molecule has 6 heteroatoms. The van der Waals surface area contributed by atoms with E-state index in [9.17, 15) is 9.90 Å². The van der Waals surface area contributed by atoms with E-state index in [0.717, 1.165) is 25.7 Å². The molecule has 1 aliphatic carbocycles. The van der Waals surface area contributed by atoms with Crippen LogP contribution in [0.15, 0.2) is 18.2 Å². The summed E-state index contributed by atoms with van der Waals surface area (Å²) in [4.78, 5) is 11.8. The Labute approximate surface area is 128 Å². The molecular formula is C14H17Cl2NO3. The SMILES string of the molecule is O=C(COc1ccc(Cl)c(Cl)c1)NC1CCC(O)CC1. The van der Waals surface area contributed by atoms with E-state index in [4.69, 9.17) is 27.9 Å². The minimum atomic E-state index is -0.226. The quantitative estimate of drug-likeness (QED) is 0.897. The summed E-state index contributed by atoms with van der Waals surface area (Å²) >= 11 is 11.7. The minimum absolute atomic E-state index is 0.0585. The fraction of sp³-hybridized carbons (Fsp3) is 0.500. The summed E-state index contributed by atoms with van der Waals surface area (Å²) in [6, 6.07) is 5.00. The van der Waals surface area contributed by atoms with E-state index >= 15 is 0 Å². The third-order valence-corrected chi connectivity index (χ3v) is 4.06. The average molecular weight is 318 g/mol. The molecule has 1 saturated carbocycles. The molecule has 1 aliphatic rings. The van der Waals surface area contributed by atoms with Gasteiger partial charge in [0.25, 0.3) is 5.91 Å². The van der Waals surface area contributed by atoms with Gasteiger partial charge >= 0.3 is 0 Å². The third kappa shape index (κ3) is 4.54. The number of amides is 1. The summed E-state index contributed by atoms with van der Waals surface area (Å²) in [5.74, 6) is 0.339. The predicted octanol–water partition coefficient (Wildman–Crippen LogP) is 2.79. The number of ether oxygens (including phenoxy) is 1. The van der Waals surface area contributed by atoms with Crippen LogP contribution in [0.4, 0.5) is 0 Å². The predicted molar refractivity (Wildman–Crippen MR) is 78.4 cm³/mol. The van der Waals surface area contributed by atoms with Gasteiger partial charge in [0.1, 0.15) is 5.75 Å². The molecule has 0 bridgehead atoms. The van der Waals surface area contributed by atoms with Crippen molar-refractivity contribution in [1.29, 1.82) is 0 Å². The van der Waals surface area contributed by atoms with Gasteiger partial charge in [-0.25, -0.2) is 0 Å². The lowest BCUT2D eigenvalue weighted by Gasteiger charge is -2.26. The van der Waals surface area contributed by atoms with Crippen molar-refractivity contribution in [2.45, 2.75) is 37.8 Å². The molecule has 0 radical (unpaired) electrons. The maximum Gasteiger partial charge on any atom is 0.258 e. The maximum absolute atomic E-state index is 11.8. The van der Waals surface area contributed by atoms with Crippen molar-refractivity contribution < 1.29 is 14.6 Å². The Morgan fingerprint density at radius 3 is 2.60 bits per heavy atom. The van der Waals surface area contributed by atoms with E-state index in [0.29, 0.717) is 15.8 Å². The highest BCUT2D eigenvalue weighted by Gasteiger charge is 2.20. The molecule has 2 N–H and O–H groups in total. The van der Waals surface area contributed by atoms with Gasteiger partial charge in [0, 0.05) is 12.1 Å². The molecule has 4 nitrogen and oxygen atoms in total. The summed E-state index contributed by atoms with van der Waals surface area (Å²) in [7, 11) is 0. The van der Waals surface area contributed by atoms with Crippen molar-refractivity contribution in [2.24, 2.45) is 0 Å². The van der Waals surface area contributed by atoms with Crippen LogP contribution in [0.3, 0.4) is 0 Å². The van der Waals surface area contributed by atoms with Gasteiger partial charge in [-0.1, -0.05) is 23.2 Å². The minimum Gasteiger partial charge on any atom is -0.484 e. The number of halogens is 2. The first-order chi connectivity index (χ1) is 9.54. The number of nitrogens with one attached hydrogen (secondary N) is 1. The van der Waals surface area contributed by atoms with Crippen LogP contribution in [0.25, 0.3) is 0 Å². The Hall–Kier alpha value is -0.970. The molecule has 2 rings (SSSR count). The molecular weight excluding hydrogens is 301 g/mol. The number of hydrogen-bond acceptors (Lipinski definition) is 3. The molecule has 0 atom stereocenters. The Morgan fingerprint density at radius 1 is 1.25 bits per heavy atom. The van der Waals surface area contributed by atoms with E-state index in [1.165, 1.54) is 0 Å². The number of carbonyl (C=O) groups is 1. The zero-order chi connectivity index (χ0) is 14.5. The highest BCUT2D eigenvalue weighted by molar-refractivity contribution is 6.42. The van der Waals surface area contributed by atoms with Crippen LogP contribution in [-0.2, 0) is 4.79 Å². The summed E-state index contributed by atoms with van der Waals surface area (Å²) in [6.07, 6.45) is 2.85. The topological polar surface area (TPSA) is 58.6 Å². The Balaban J connectivity index is 1.76. The second kappa shape index (κ2) is 7.16. The van der Waals surface area contributed by atoms with Crippen LogP contribution in [0.2, 0.25) is 10.0 Å². The van der Waals surface area contributed by atoms with Gasteiger partial charge in [-0.3, -0.25) is 4.79 Å². The Morgan fingerprint density at radius 2 is 1.95 bits per heavy atom. The molecule has 1 aromatic carbocycles. The lowest BCUT2D eigenvalue weighted by Crippen LogP contribution is -2.40. The normalized spacial score (nSPS) is 22.4. The molecule has 1 fully saturated rings. The number of rotatable bonds is 4. The molecule has 0 unspecified atom stereocenters. The summed E-state index contributed by atoms with van der Waals surface area (Å²) in [6.45, 7) is -0.0585. The van der Waals surface area contributed by atoms with Crippen molar-refractivity contribution in [3.05, 3.63) is 28.2 Å². The standard InChI is InChI=1S/C14H17Cl2NO3/c15-12-6-5-11(7-13(12)16)20-8-14(19)17-9-1-3-10(18)4-2-9/h5-7,9-10,18H,1-4,8H2,(H,17,19). The molecule has 20 heavy (non-hydrogen) atoms. The summed E-state index contributed by atoms with van der Waals surface area (Å²) < 4.78 is 5.36. The van der Waals surface area contributed by atoms with Crippen LogP contribution in [0, 0.1) is 0 Å². The molecule has 110 valence electrons. The van der Waals surface area contributed by atoms with Crippen molar-refractivity contribution in [3.8, 4) is 5.75 Å². The number of aliphatic hydroxyl groups is 1. The monoisotopic (exact) mass is 317 g/mol. The maximum atomic E-state index is 11.8. The summed E-state index contributed by atoms with van der Waals surface area (Å²) in [5, 5.41) is 13.1. The van der Waals surface area contributed by atoms with Gasteiger partial charge in [0.15, 0.2) is 6.61 Å². The highest BCUT2D eigenvalue weighted by Crippen LogP contribution is 2.26. The molecule has 1 aromatic rings. The summed E-state index contributed by atoms with van der Waals surface area (Å²) in [5.41, 5.74) is 0. The van der Waals surface area contributed by atoms with Crippen LogP contribution >= 0.6 is 23.2 Å². The van der Waals surface area contributed by atoms with Crippen LogP contribution in [0.5, 0.6) is 5.75 Å². The number of carbonyl (C=O) groups excluding carboxylic acids is 1. The van der Waals surface area contributed by atoms with Crippen LogP contribution < -0.4 is 10.1 Å². The van der Waals surface area contributed by atoms with Gasteiger partial charge in [-0.2, -0.15) is 0 Å². The van der Waals surface area contributed by atoms with Crippen LogP contribution in [0.1, 0.15) is 25.7 Å². The first-order valence-electron chi connectivity index (χ1n) is 6.60. The molecule has 0 aromatic heterocycles. The lowest BCUT2D eigenvalue weighted by atomic mass is 9.93. The van der Waals surface area contributed by atoms with E-state index in [-0.39, 0.29) is 24.7 Å². The largest absolute Gasteiger partial charge is 0.484 e. The Bertz CT molecular complexity index is 473. The molecule has 0 saturated heterocycles. The highest BCUT2D eigenvalue weighted by atomic mass is 35.5. The zero-order valence-electron chi connectivity index (χ0n) is 10.9. The van der Waals surface area contributed by atoms with Gasteiger partial charge in [0.05, 0.1) is 16.1 Å². The van der Waals surface area contributed by atoms with Crippen molar-refractivity contribution >= 4 is 29.1 Å². The third-order valence-electron chi connectivity index (χ3n) is 3.32. The van der Waals surface area contributed by atoms with E-state index < -0.39 is 0 Å². The lowest BCUT2D eigenvalue weighted by molar-refractivity contribution is -0.124. The van der Waals surface area contributed by atoms with Gasteiger partial charge in [0.2, 0.25) is 0 Å². The fourth-order valence-electron chi connectivity index (χ4n) is 2.21. The number of benzene rings is 1. The average Bonchev–Trinajstić information content (AvgIpc) is 2.43. The smallest absolute Gasteiger partial charge is 0.258 e. The van der Waals surface area contributed by atoms with Gasteiger partial charge in [-0.05, 0) is 37.8 Å². The molecule has 1 amide bonds. The van der Waals surface area contributed by atoms with Gasteiger partial charge < -0.3 is 15.2 Å². The zero-order valence-corrected chi connectivity index (χ0v) is 12.5. The van der Waals surface area contributed by atoms with E-state index in [2.05, 4.69) is 5.32 Å². The van der Waals surface area contributed by atoms with Crippen molar-refractivity contribution in [3.63, 3.8) is 0 Å². The van der Waals surface area contributed by atoms with Crippen molar-refractivity contribution in [2.75, 3.05) is 6.61 Å². The fourth-order valence-corrected chi connectivity index (χ4v) is 2.49. The van der Waals surface area contributed by atoms with Crippen LogP contribution in [-0.4, -0.2) is 29.8 Å². The second-order valence-corrected chi connectivity index (χ2v) is 5.75. The Kier molecular flexibility index (Phi) is 5.52. The molecule has 0 heterocycles. The van der Waals surface area contributed by atoms with Gasteiger partial charge in [-0.15, -0.1) is 0 Å². The first kappa shape index (κ1) is 15.4. The van der Waals surface area contributed by atoms with Crippen molar-refractivity contribution in [1.82, 2.24) is 5.32 Å².